The lowest BCUT2D eigenvalue weighted by molar-refractivity contribution is 0.409. The van der Waals surface area contributed by atoms with Crippen molar-refractivity contribution in [3.05, 3.63) is 46.3 Å². The summed E-state index contributed by atoms with van der Waals surface area (Å²) in [7, 11) is 0. The zero-order chi connectivity index (χ0) is 12.1. The molecule has 6 heteroatoms. The molecule has 0 saturated heterocycles. The van der Waals surface area contributed by atoms with E-state index in [0.717, 1.165) is 10.0 Å². The number of hydrogen-bond donors (Lipinski definition) is 1. The van der Waals surface area contributed by atoms with Crippen LogP contribution in [0.3, 0.4) is 0 Å². The van der Waals surface area contributed by atoms with Gasteiger partial charge in [-0.15, -0.1) is 0 Å². The highest BCUT2D eigenvalue weighted by Gasteiger charge is 2.02. The Morgan fingerprint density at radius 1 is 1.41 bits per heavy atom. The second-order valence-electron chi connectivity index (χ2n) is 3.51. The minimum absolute atomic E-state index is 0.233. The third kappa shape index (κ3) is 3.61. The maximum Gasteiger partial charge on any atom is 0.213 e. The van der Waals surface area contributed by atoms with Crippen molar-refractivity contribution in [3.8, 4) is 0 Å². The third-order valence-electron chi connectivity index (χ3n) is 2.26. The molecule has 4 nitrogen and oxygen atoms in total. The summed E-state index contributed by atoms with van der Waals surface area (Å²) in [6.07, 6.45) is 1.99. The molecular weight excluding hydrogens is 289 g/mol. The van der Waals surface area contributed by atoms with Gasteiger partial charge in [-0.05, 0) is 23.8 Å². The van der Waals surface area contributed by atoms with Gasteiger partial charge in [0.1, 0.15) is 5.82 Å². The van der Waals surface area contributed by atoms with Crippen molar-refractivity contribution in [2.75, 3.05) is 6.54 Å². The topological polar surface area (TPSA) is 51.0 Å². The number of aromatic nitrogens is 2. The van der Waals surface area contributed by atoms with Crippen LogP contribution >= 0.6 is 15.9 Å². The van der Waals surface area contributed by atoms with Crippen molar-refractivity contribution < 1.29 is 8.91 Å². The van der Waals surface area contributed by atoms with Gasteiger partial charge in [0.15, 0.2) is 5.82 Å². The van der Waals surface area contributed by atoms with Crippen LogP contribution in [0.15, 0.2) is 33.6 Å². The van der Waals surface area contributed by atoms with E-state index in [1.807, 2.05) is 0 Å². The molecule has 0 saturated carbocycles. The minimum atomic E-state index is -0.233. The molecule has 0 aliphatic rings. The van der Waals surface area contributed by atoms with Crippen LogP contribution in [-0.2, 0) is 13.0 Å². The molecule has 1 aromatic carbocycles. The largest absolute Gasteiger partial charge is 0.343 e. The average Bonchev–Trinajstić information content (AvgIpc) is 2.82. The van der Waals surface area contributed by atoms with Crippen LogP contribution in [0.1, 0.15) is 11.4 Å². The molecule has 90 valence electrons. The van der Waals surface area contributed by atoms with Gasteiger partial charge in [-0.2, -0.15) is 4.98 Å². The monoisotopic (exact) mass is 299 g/mol. The molecule has 0 aliphatic heterocycles. The molecule has 1 N–H and O–H groups in total. The van der Waals surface area contributed by atoms with E-state index in [-0.39, 0.29) is 5.82 Å². The first kappa shape index (κ1) is 12.2. The molecule has 0 spiro atoms. The summed E-state index contributed by atoms with van der Waals surface area (Å²) in [6, 6.07) is 4.63. The Morgan fingerprint density at radius 3 is 3.06 bits per heavy atom. The van der Waals surface area contributed by atoms with Crippen LogP contribution in [0.5, 0.6) is 0 Å². The average molecular weight is 300 g/mol. The molecule has 0 radical (unpaired) electrons. The van der Waals surface area contributed by atoms with Gasteiger partial charge in [0.05, 0.1) is 0 Å². The second kappa shape index (κ2) is 5.88. The summed E-state index contributed by atoms with van der Waals surface area (Å²) >= 11 is 3.37. The fourth-order valence-corrected chi connectivity index (χ4v) is 1.79. The highest BCUT2D eigenvalue weighted by atomic mass is 79.9. The lowest BCUT2D eigenvalue weighted by Crippen LogP contribution is -2.17. The minimum Gasteiger partial charge on any atom is -0.343 e. The van der Waals surface area contributed by atoms with Crippen LogP contribution in [0.25, 0.3) is 0 Å². The first-order valence-corrected chi connectivity index (χ1v) is 5.95. The molecule has 0 unspecified atom stereocenters. The van der Waals surface area contributed by atoms with E-state index in [1.165, 1.54) is 18.5 Å². The van der Waals surface area contributed by atoms with E-state index in [0.29, 0.717) is 25.3 Å². The molecule has 0 aliphatic carbocycles. The zero-order valence-corrected chi connectivity index (χ0v) is 10.6. The van der Waals surface area contributed by atoms with Crippen molar-refractivity contribution >= 4 is 15.9 Å². The van der Waals surface area contributed by atoms with Crippen molar-refractivity contribution in [2.45, 2.75) is 13.0 Å². The van der Waals surface area contributed by atoms with Crippen LogP contribution in [-0.4, -0.2) is 16.7 Å². The molecule has 0 fully saturated rings. The van der Waals surface area contributed by atoms with Crippen molar-refractivity contribution in [3.63, 3.8) is 0 Å². The first-order valence-electron chi connectivity index (χ1n) is 5.15. The van der Waals surface area contributed by atoms with E-state index < -0.39 is 0 Å². The van der Waals surface area contributed by atoms with Gasteiger partial charge in [-0.3, -0.25) is 0 Å². The molecule has 0 bridgehead atoms. The van der Waals surface area contributed by atoms with E-state index in [1.54, 1.807) is 6.07 Å². The number of rotatable bonds is 5. The Morgan fingerprint density at radius 2 is 2.29 bits per heavy atom. The summed E-state index contributed by atoms with van der Waals surface area (Å²) in [6.45, 7) is 1.30. The number of hydrogen-bond acceptors (Lipinski definition) is 4. The molecule has 1 heterocycles. The normalized spacial score (nSPS) is 10.7. The maximum atomic E-state index is 13.0. The number of benzene rings is 1. The fourth-order valence-electron chi connectivity index (χ4n) is 1.40. The highest BCUT2D eigenvalue weighted by molar-refractivity contribution is 9.10. The SMILES string of the molecule is Fc1ccc(Br)c(CNCCc2ncon2)c1. The number of nitrogens with one attached hydrogen (secondary N) is 1. The van der Waals surface area contributed by atoms with Gasteiger partial charge >= 0.3 is 0 Å². The summed E-state index contributed by atoms with van der Waals surface area (Å²) in [4.78, 5) is 3.91. The molecule has 1 aromatic heterocycles. The highest BCUT2D eigenvalue weighted by Crippen LogP contribution is 2.17. The van der Waals surface area contributed by atoms with E-state index in [2.05, 4.69) is 35.9 Å². The lowest BCUT2D eigenvalue weighted by Gasteiger charge is -2.05. The van der Waals surface area contributed by atoms with Crippen molar-refractivity contribution in [1.82, 2.24) is 15.5 Å². The van der Waals surface area contributed by atoms with Gasteiger partial charge in [-0.25, -0.2) is 4.39 Å². The molecule has 0 atom stereocenters. The summed E-state index contributed by atoms with van der Waals surface area (Å²) in [5, 5.41) is 6.89. The molecule has 0 amide bonds. The molecule has 2 aromatic rings. The Labute approximate surface area is 106 Å². The summed E-state index contributed by atoms with van der Waals surface area (Å²) in [5.41, 5.74) is 0.887. The molecular formula is C11H11BrFN3O. The second-order valence-corrected chi connectivity index (χ2v) is 4.36. The van der Waals surface area contributed by atoms with Crippen LogP contribution in [0.2, 0.25) is 0 Å². The predicted octanol–water partition coefficient (Wildman–Crippen LogP) is 2.30. The maximum absolute atomic E-state index is 13.0. The lowest BCUT2D eigenvalue weighted by atomic mass is 10.2. The number of halogens is 2. The van der Waals surface area contributed by atoms with Crippen LogP contribution < -0.4 is 5.32 Å². The smallest absolute Gasteiger partial charge is 0.213 e. The van der Waals surface area contributed by atoms with E-state index in [4.69, 9.17) is 0 Å². The van der Waals surface area contributed by atoms with Crippen molar-refractivity contribution in [2.24, 2.45) is 0 Å². The van der Waals surface area contributed by atoms with Crippen LogP contribution in [0, 0.1) is 5.82 Å². The Balaban J connectivity index is 1.80. The van der Waals surface area contributed by atoms with Crippen LogP contribution in [0.4, 0.5) is 4.39 Å². The predicted molar refractivity (Wildman–Crippen MR) is 63.8 cm³/mol. The van der Waals surface area contributed by atoms with Crippen molar-refractivity contribution in [1.29, 1.82) is 0 Å². The van der Waals surface area contributed by atoms with Gasteiger partial charge in [-0.1, -0.05) is 21.1 Å². The summed E-state index contributed by atoms with van der Waals surface area (Å²) < 4.78 is 18.5. The molecule has 17 heavy (non-hydrogen) atoms. The van der Waals surface area contributed by atoms with Gasteiger partial charge < -0.3 is 9.84 Å². The van der Waals surface area contributed by atoms with Gasteiger partial charge in [0, 0.05) is 24.0 Å². The quantitative estimate of drug-likeness (QED) is 0.861. The fraction of sp³-hybridized carbons (Fsp3) is 0.273. The Bertz CT molecular complexity index is 476. The summed E-state index contributed by atoms with van der Waals surface area (Å²) in [5.74, 6) is 0.430. The zero-order valence-electron chi connectivity index (χ0n) is 8.99. The van der Waals surface area contributed by atoms with E-state index in [9.17, 15) is 4.39 Å². The Hall–Kier alpha value is -1.27. The van der Waals surface area contributed by atoms with Gasteiger partial charge in [0.25, 0.3) is 0 Å². The first-order chi connectivity index (χ1) is 8.25. The van der Waals surface area contributed by atoms with E-state index >= 15 is 0 Å². The standard InChI is InChI=1S/C11H11BrFN3O/c12-10-2-1-9(13)5-8(10)6-14-4-3-11-15-7-17-16-11/h1-2,5,7,14H,3-4,6H2. The van der Waals surface area contributed by atoms with Gasteiger partial charge in [0.2, 0.25) is 6.39 Å². The Kier molecular flexibility index (Phi) is 4.22. The number of nitrogens with zero attached hydrogens (tertiary/aromatic N) is 2. The third-order valence-corrected chi connectivity index (χ3v) is 3.03. The molecule has 2 rings (SSSR count).